The molecule has 0 amide bonds. The lowest BCUT2D eigenvalue weighted by atomic mass is 10.0. The van der Waals surface area contributed by atoms with Crippen molar-refractivity contribution in [3.05, 3.63) is 63.6 Å². The van der Waals surface area contributed by atoms with Gasteiger partial charge in [-0.2, -0.15) is 0 Å². The maximum absolute atomic E-state index is 13.5. The summed E-state index contributed by atoms with van der Waals surface area (Å²) in [5, 5.41) is 0. The van der Waals surface area contributed by atoms with Crippen molar-refractivity contribution in [3.8, 4) is 0 Å². The molecule has 0 heterocycles. The molecule has 0 spiro atoms. The Labute approximate surface area is 111 Å². The number of hydrogen-bond acceptors (Lipinski definition) is 2. The number of anilines is 1. The summed E-state index contributed by atoms with van der Waals surface area (Å²) in [6, 6.07) is 7.23. The number of carbonyl (C=O) groups excluding carboxylic acids is 1. The number of ketones is 1. The van der Waals surface area contributed by atoms with E-state index in [1.54, 1.807) is 0 Å². The van der Waals surface area contributed by atoms with E-state index in [1.807, 2.05) is 0 Å². The highest BCUT2D eigenvalue weighted by Crippen LogP contribution is 2.23. The number of nitrogens with two attached hydrogens (primary N) is 1. The van der Waals surface area contributed by atoms with E-state index in [4.69, 9.17) is 5.73 Å². The van der Waals surface area contributed by atoms with Gasteiger partial charge in [-0.3, -0.25) is 4.79 Å². The van der Waals surface area contributed by atoms with Crippen LogP contribution in [0.1, 0.15) is 15.9 Å². The van der Waals surface area contributed by atoms with E-state index in [9.17, 15) is 13.6 Å². The van der Waals surface area contributed by atoms with Crippen LogP contribution in [0.2, 0.25) is 0 Å². The summed E-state index contributed by atoms with van der Waals surface area (Å²) in [5.74, 6) is -2.00. The third-order valence-corrected chi connectivity index (χ3v) is 3.12. The Morgan fingerprint density at radius 3 is 2.50 bits per heavy atom. The number of nitrogen functional groups attached to an aromatic ring is 1. The van der Waals surface area contributed by atoms with E-state index in [0.717, 1.165) is 18.2 Å². The standard InChI is InChI=1S/C13H8BrF2NO/c14-10-5-7(1-4-12(10)17)13(18)9-6-8(15)2-3-11(9)16/h1-6H,17H2. The number of rotatable bonds is 2. The van der Waals surface area contributed by atoms with Crippen molar-refractivity contribution < 1.29 is 13.6 Å². The van der Waals surface area contributed by atoms with E-state index in [0.29, 0.717) is 10.2 Å². The van der Waals surface area contributed by atoms with Crippen LogP contribution in [0, 0.1) is 11.6 Å². The van der Waals surface area contributed by atoms with Gasteiger partial charge in [0.05, 0.1) is 5.56 Å². The largest absolute Gasteiger partial charge is 0.398 e. The fourth-order valence-corrected chi connectivity index (χ4v) is 1.87. The zero-order chi connectivity index (χ0) is 13.3. The van der Waals surface area contributed by atoms with Gasteiger partial charge in [0.25, 0.3) is 0 Å². The van der Waals surface area contributed by atoms with Gasteiger partial charge in [-0.1, -0.05) is 0 Å². The van der Waals surface area contributed by atoms with Crippen molar-refractivity contribution in [2.24, 2.45) is 0 Å². The molecule has 0 aliphatic heterocycles. The normalized spacial score (nSPS) is 10.4. The van der Waals surface area contributed by atoms with Gasteiger partial charge in [0.1, 0.15) is 11.6 Å². The first-order chi connectivity index (χ1) is 8.49. The number of halogens is 3. The molecule has 0 aliphatic carbocycles. The second-order valence-electron chi connectivity index (χ2n) is 3.69. The van der Waals surface area contributed by atoms with Gasteiger partial charge in [-0.15, -0.1) is 0 Å². The Bertz CT molecular complexity index is 628. The minimum absolute atomic E-state index is 0.237. The molecule has 2 aromatic carbocycles. The summed E-state index contributed by atoms with van der Waals surface area (Å²) in [5.41, 5.74) is 5.99. The van der Waals surface area contributed by atoms with Crippen LogP contribution in [0.4, 0.5) is 14.5 Å². The first kappa shape index (κ1) is 12.7. The molecular weight excluding hydrogens is 304 g/mol. The van der Waals surface area contributed by atoms with Crippen LogP contribution in [-0.2, 0) is 0 Å². The van der Waals surface area contributed by atoms with E-state index < -0.39 is 17.4 Å². The molecule has 0 aromatic heterocycles. The van der Waals surface area contributed by atoms with Gasteiger partial charge in [0.2, 0.25) is 0 Å². The highest BCUT2D eigenvalue weighted by atomic mass is 79.9. The number of hydrogen-bond donors (Lipinski definition) is 1. The second kappa shape index (κ2) is 4.86. The molecule has 92 valence electrons. The third-order valence-electron chi connectivity index (χ3n) is 2.44. The summed E-state index contributed by atoms with van der Waals surface area (Å²) in [4.78, 5) is 12.0. The molecule has 0 atom stereocenters. The molecule has 2 nitrogen and oxygen atoms in total. The van der Waals surface area contributed by atoms with Gasteiger partial charge < -0.3 is 5.73 Å². The van der Waals surface area contributed by atoms with E-state index in [-0.39, 0.29) is 11.1 Å². The monoisotopic (exact) mass is 311 g/mol. The number of benzene rings is 2. The topological polar surface area (TPSA) is 43.1 Å². The van der Waals surface area contributed by atoms with Gasteiger partial charge in [0.15, 0.2) is 5.78 Å². The summed E-state index contributed by atoms with van der Waals surface area (Å²) in [6.07, 6.45) is 0. The van der Waals surface area contributed by atoms with E-state index in [1.165, 1.54) is 18.2 Å². The Balaban J connectivity index is 2.47. The summed E-state index contributed by atoms with van der Waals surface area (Å²) < 4.78 is 27.0. The molecule has 0 unspecified atom stereocenters. The molecule has 2 N–H and O–H groups in total. The average Bonchev–Trinajstić information content (AvgIpc) is 2.35. The smallest absolute Gasteiger partial charge is 0.196 e. The lowest BCUT2D eigenvalue weighted by Gasteiger charge is -2.05. The van der Waals surface area contributed by atoms with Crippen LogP contribution in [-0.4, -0.2) is 5.78 Å². The van der Waals surface area contributed by atoms with Crippen molar-refractivity contribution >= 4 is 27.4 Å². The average molecular weight is 312 g/mol. The Kier molecular flexibility index (Phi) is 3.43. The van der Waals surface area contributed by atoms with Crippen LogP contribution in [0.3, 0.4) is 0 Å². The molecule has 0 saturated carbocycles. The lowest BCUT2D eigenvalue weighted by molar-refractivity contribution is 0.103. The summed E-state index contributed by atoms with van der Waals surface area (Å²) in [6.45, 7) is 0. The molecule has 0 aliphatic rings. The van der Waals surface area contributed by atoms with Crippen molar-refractivity contribution in [2.75, 3.05) is 5.73 Å². The Morgan fingerprint density at radius 2 is 1.83 bits per heavy atom. The predicted octanol–water partition coefficient (Wildman–Crippen LogP) is 3.54. The Morgan fingerprint density at radius 1 is 1.11 bits per heavy atom. The third kappa shape index (κ3) is 2.41. The first-order valence-corrected chi connectivity index (χ1v) is 5.83. The maximum atomic E-state index is 13.5. The van der Waals surface area contributed by atoms with Crippen molar-refractivity contribution in [1.82, 2.24) is 0 Å². The molecule has 5 heteroatoms. The SMILES string of the molecule is Nc1ccc(C(=O)c2cc(F)ccc2F)cc1Br. The fraction of sp³-hybridized carbons (Fsp3) is 0. The molecular formula is C13H8BrF2NO. The van der Waals surface area contributed by atoms with Crippen LogP contribution < -0.4 is 5.73 Å². The van der Waals surface area contributed by atoms with Gasteiger partial charge >= 0.3 is 0 Å². The summed E-state index contributed by atoms with van der Waals surface area (Å²) >= 11 is 3.17. The number of carbonyl (C=O) groups is 1. The minimum Gasteiger partial charge on any atom is -0.398 e. The molecule has 0 bridgehead atoms. The van der Waals surface area contributed by atoms with Crippen LogP contribution >= 0.6 is 15.9 Å². The fourth-order valence-electron chi connectivity index (χ4n) is 1.50. The van der Waals surface area contributed by atoms with Gasteiger partial charge in [-0.25, -0.2) is 8.78 Å². The van der Waals surface area contributed by atoms with Crippen LogP contribution in [0.15, 0.2) is 40.9 Å². The molecule has 2 aromatic rings. The van der Waals surface area contributed by atoms with E-state index in [2.05, 4.69) is 15.9 Å². The molecule has 0 fully saturated rings. The zero-order valence-electron chi connectivity index (χ0n) is 9.08. The highest BCUT2D eigenvalue weighted by molar-refractivity contribution is 9.10. The molecule has 2 rings (SSSR count). The predicted molar refractivity (Wildman–Crippen MR) is 68.3 cm³/mol. The molecule has 0 radical (unpaired) electrons. The van der Waals surface area contributed by atoms with Crippen molar-refractivity contribution in [3.63, 3.8) is 0 Å². The van der Waals surface area contributed by atoms with Crippen LogP contribution in [0.5, 0.6) is 0 Å². The van der Waals surface area contributed by atoms with Gasteiger partial charge in [-0.05, 0) is 52.3 Å². The first-order valence-electron chi connectivity index (χ1n) is 5.04. The molecule has 0 saturated heterocycles. The van der Waals surface area contributed by atoms with Crippen molar-refractivity contribution in [2.45, 2.75) is 0 Å². The van der Waals surface area contributed by atoms with E-state index >= 15 is 0 Å². The van der Waals surface area contributed by atoms with Gasteiger partial charge in [0, 0.05) is 15.7 Å². The zero-order valence-corrected chi connectivity index (χ0v) is 10.7. The minimum atomic E-state index is -0.755. The highest BCUT2D eigenvalue weighted by Gasteiger charge is 2.15. The second-order valence-corrected chi connectivity index (χ2v) is 4.54. The Hall–Kier alpha value is -1.75. The maximum Gasteiger partial charge on any atom is 0.196 e. The van der Waals surface area contributed by atoms with Crippen LogP contribution in [0.25, 0.3) is 0 Å². The molecule has 18 heavy (non-hydrogen) atoms. The lowest BCUT2D eigenvalue weighted by Crippen LogP contribution is -2.05. The summed E-state index contributed by atoms with van der Waals surface area (Å²) in [7, 11) is 0. The van der Waals surface area contributed by atoms with Crippen molar-refractivity contribution in [1.29, 1.82) is 0 Å². The quantitative estimate of drug-likeness (QED) is 0.681.